The predicted octanol–water partition coefficient (Wildman–Crippen LogP) is 5.86. The van der Waals surface area contributed by atoms with Gasteiger partial charge in [0.25, 0.3) is 5.91 Å². The molecule has 32 heavy (non-hydrogen) atoms. The quantitative estimate of drug-likeness (QED) is 0.556. The Balaban J connectivity index is 1.38. The summed E-state index contributed by atoms with van der Waals surface area (Å²) >= 11 is 0. The zero-order valence-corrected chi connectivity index (χ0v) is 18.6. The summed E-state index contributed by atoms with van der Waals surface area (Å²) in [4.78, 5) is 18.6. The van der Waals surface area contributed by atoms with Crippen molar-refractivity contribution in [2.24, 2.45) is 23.7 Å². The largest absolute Gasteiger partial charge is 0.493 e. The van der Waals surface area contributed by atoms with Crippen molar-refractivity contribution in [1.82, 2.24) is 10.3 Å². The maximum absolute atomic E-state index is 13.7. The second-order valence-electron chi connectivity index (χ2n) is 9.93. The molecule has 4 aliphatic carbocycles. The average Bonchev–Trinajstić information content (AvgIpc) is 2.80. The lowest BCUT2D eigenvalue weighted by Gasteiger charge is -2.54. The van der Waals surface area contributed by atoms with Gasteiger partial charge in [0.1, 0.15) is 5.75 Å². The van der Waals surface area contributed by atoms with Gasteiger partial charge in [-0.3, -0.25) is 4.79 Å². The van der Waals surface area contributed by atoms with Crippen LogP contribution in [0.15, 0.2) is 54.6 Å². The average molecular weight is 427 g/mol. The number of hydrogen-bond donors (Lipinski definition) is 1. The van der Waals surface area contributed by atoms with Gasteiger partial charge in [0.15, 0.2) is 0 Å². The van der Waals surface area contributed by atoms with E-state index in [2.05, 4.69) is 5.32 Å². The van der Waals surface area contributed by atoms with Gasteiger partial charge in [0, 0.05) is 17.0 Å². The van der Waals surface area contributed by atoms with Gasteiger partial charge in [-0.1, -0.05) is 30.3 Å². The number of nitrogens with zero attached hydrogens (tertiary/aromatic N) is 1. The predicted molar refractivity (Wildman–Crippen MR) is 127 cm³/mol. The topological polar surface area (TPSA) is 51.2 Å². The zero-order valence-electron chi connectivity index (χ0n) is 18.6. The summed E-state index contributed by atoms with van der Waals surface area (Å²) in [6, 6.07) is 18.2. The van der Waals surface area contributed by atoms with Crippen LogP contribution in [-0.2, 0) is 0 Å². The Morgan fingerprint density at radius 3 is 2.41 bits per heavy atom. The van der Waals surface area contributed by atoms with E-state index in [0.717, 1.165) is 39.7 Å². The molecule has 0 unspecified atom stereocenters. The molecule has 1 N–H and O–H groups in total. The fourth-order valence-corrected chi connectivity index (χ4v) is 6.85. The number of pyridine rings is 1. The van der Waals surface area contributed by atoms with Gasteiger partial charge in [0.2, 0.25) is 0 Å². The highest BCUT2D eigenvalue weighted by molar-refractivity contribution is 6.07. The minimum atomic E-state index is 0.0382. The molecule has 0 saturated heterocycles. The number of para-hydroxylation sites is 2. The maximum atomic E-state index is 13.7. The number of rotatable bonds is 5. The van der Waals surface area contributed by atoms with Crippen molar-refractivity contribution in [3.8, 4) is 17.0 Å². The van der Waals surface area contributed by atoms with Crippen LogP contribution >= 0.6 is 0 Å². The highest BCUT2D eigenvalue weighted by atomic mass is 16.5. The van der Waals surface area contributed by atoms with E-state index in [1.165, 1.54) is 32.1 Å². The first-order valence-corrected chi connectivity index (χ1v) is 12.1. The molecule has 0 spiro atoms. The molecular formula is C28H30N2O2. The van der Waals surface area contributed by atoms with Crippen LogP contribution in [0.5, 0.6) is 5.75 Å². The number of ether oxygens (including phenoxy) is 1. The van der Waals surface area contributed by atoms with Crippen molar-refractivity contribution in [2.75, 3.05) is 6.61 Å². The Morgan fingerprint density at radius 2 is 1.66 bits per heavy atom. The molecule has 7 rings (SSSR count). The van der Waals surface area contributed by atoms with E-state index in [9.17, 15) is 4.79 Å². The Bertz CT molecular complexity index is 1140. The lowest BCUT2D eigenvalue weighted by atomic mass is 9.54. The first-order chi connectivity index (χ1) is 15.7. The van der Waals surface area contributed by atoms with E-state index in [-0.39, 0.29) is 5.91 Å². The third kappa shape index (κ3) is 3.37. The van der Waals surface area contributed by atoms with Crippen molar-refractivity contribution < 1.29 is 9.53 Å². The molecule has 164 valence electrons. The van der Waals surface area contributed by atoms with Crippen LogP contribution in [0.2, 0.25) is 0 Å². The monoisotopic (exact) mass is 426 g/mol. The first kappa shape index (κ1) is 19.8. The molecule has 4 bridgehead atoms. The standard InChI is InChI=1S/C28H30N2O2/c1-2-32-26-10-6-4-8-22(26)25-16-23(21-7-3-5-9-24(21)29-25)28(31)30-27-19-12-17-11-18(14-19)15-20(27)13-17/h3-10,16-20,27H,2,11-15H2,1H3,(H,30,31). The molecule has 4 aliphatic rings. The first-order valence-electron chi connectivity index (χ1n) is 12.1. The van der Waals surface area contributed by atoms with Gasteiger partial charge in [0.05, 0.1) is 23.4 Å². The van der Waals surface area contributed by atoms with Gasteiger partial charge in [-0.05, 0) is 87.0 Å². The third-order valence-electron chi connectivity index (χ3n) is 7.95. The van der Waals surface area contributed by atoms with Crippen molar-refractivity contribution in [1.29, 1.82) is 0 Å². The molecule has 0 atom stereocenters. The molecule has 4 nitrogen and oxygen atoms in total. The summed E-state index contributed by atoms with van der Waals surface area (Å²) in [7, 11) is 0. The van der Waals surface area contributed by atoms with Crippen molar-refractivity contribution in [2.45, 2.75) is 45.1 Å². The lowest BCUT2D eigenvalue weighted by molar-refractivity contribution is -0.0119. The van der Waals surface area contributed by atoms with E-state index < -0.39 is 0 Å². The van der Waals surface area contributed by atoms with Crippen LogP contribution in [0.25, 0.3) is 22.2 Å². The van der Waals surface area contributed by atoms with Gasteiger partial charge >= 0.3 is 0 Å². The molecule has 4 saturated carbocycles. The van der Waals surface area contributed by atoms with Gasteiger partial charge in [-0.25, -0.2) is 4.98 Å². The van der Waals surface area contributed by atoms with Crippen LogP contribution < -0.4 is 10.1 Å². The van der Waals surface area contributed by atoms with Crippen molar-refractivity contribution in [3.63, 3.8) is 0 Å². The number of aromatic nitrogens is 1. The number of amides is 1. The number of carbonyl (C=O) groups is 1. The van der Waals surface area contributed by atoms with Crippen molar-refractivity contribution in [3.05, 3.63) is 60.2 Å². The van der Waals surface area contributed by atoms with E-state index in [1.807, 2.05) is 61.5 Å². The zero-order chi connectivity index (χ0) is 21.7. The second kappa shape index (κ2) is 7.91. The van der Waals surface area contributed by atoms with Gasteiger partial charge < -0.3 is 10.1 Å². The summed E-state index contributed by atoms with van der Waals surface area (Å²) in [5.41, 5.74) is 3.25. The highest BCUT2D eigenvalue weighted by Gasteiger charge is 2.48. The Kier molecular flexibility index (Phi) is 4.89. The molecule has 4 fully saturated rings. The lowest BCUT2D eigenvalue weighted by Crippen LogP contribution is -2.55. The normalized spacial score (nSPS) is 28.1. The van der Waals surface area contributed by atoms with Gasteiger partial charge in [-0.2, -0.15) is 0 Å². The Morgan fingerprint density at radius 1 is 0.969 bits per heavy atom. The third-order valence-corrected chi connectivity index (χ3v) is 7.95. The van der Waals surface area contributed by atoms with E-state index in [0.29, 0.717) is 30.0 Å². The number of hydrogen-bond acceptors (Lipinski definition) is 3. The summed E-state index contributed by atoms with van der Waals surface area (Å²) < 4.78 is 5.85. The Hall–Kier alpha value is -2.88. The maximum Gasteiger partial charge on any atom is 0.252 e. The fourth-order valence-electron chi connectivity index (χ4n) is 6.85. The number of benzene rings is 2. The summed E-state index contributed by atoms with van der Waals surface area (Å²) in [5, 5.41) is 4.40. The highest BCUT2D eigenvalue weighted by Crippen LogP contribution is 2.53. The molecular weight excluding hydrogens is 396 g/mol. The molecule has 1 heterocycles. The Labute approximate surface area is 189 Å². The van der Waals surface area contributed by atoms with Crippen LogP contribution in [0.4, 0.5) is 0 Å². The summed E-state index contributed by atoms with van der Waals surface area (Å²) in [5.74, 6) is 3.94. The molecule has 1 aromatic heterocycles. The minimum absolute atomic E-state index is 0.0382. The molecule has 0 radical (unpaired) electrons. The van der Waals surface area contributed by atoms with Crippen molar-refractivity contribution >= 4 is 16.8 Å². The van der Waals surface area contributed by atoms with E-state index in [1.54, 1.807) is 0 Å². The van der Waals surface area contributed by atoms with Gasteiger partial charge in [-0.15, -0.1) is 0 Å². The minimum Gasteiger partial charge on any atom is -0.493 e. The van der Waals surface area contributed by atoms with Crippen LogP contribution in [0, 0.1) is 23.7 Å². The number of carbonyl (C=O) groups excluding carboxylic acids is 1. The number of fused-ring (bicyclic) bond motifs is 1. The second-order valence-corrected chi connectivity index (χ2v) is 9.93. The SMILES string of the molecule is CCOc1ccccc1-c1cc(C(=O)NC2C3CC4CC(C3)CC2C4)c2ccccc2n1. The molecule has 2 aromatic carbocycles. The molecule has 1 amide bonds. The van der Waals surface area contributed by atoms with E-state index in [4.69, 9.17) is 9.72 Å². The molecule has 4 heteroatoms. The molecule has 0 aliphatic heterocycles. The number of nitrogens with one attached hydrogen (secondary N) is 1. The summed E-state index contributed by atoms with van der Waals surface area (Å²) in [6.07, 6.45) is 6.60. The van der Waals surface area contributed by atoms with E-state index >= 15 is 0 Å². The molecule has 3 aromatic rings. The fraction of sp³-hybridized carbons (Fsp3) is 0.429. The summed E-state index contributed by atoms with van der Waals surface area (Å²) in [6.45, 7) is 2.57. The smallest absolute Gasteiger partial charge is 0.252 e. The van der Waals surface area contributed by atoms with Crippen LogP contribution in [0.3, 0.4) is 0 Å². The van der Waals surface area contributed by atoms with Crippen LogP contribution in [0.1, 0.15) is 49.4 Å². The van der Waals surface area contributed by atoms with Crippen LogP contribution in [-0.4, -0.2) is 23.5 Å².